The lowest BCUT2D eigenvalue weighted by atomic mass is 9.97. The van der Waals surface area contributed by atoms with E-state index in [1.165, 1.54) is 16.9 Å². The summed E-state index contributed by atoms with van der Waals surface area (Å²) < 4.78 is 17.1. The molecule has 176 valence electrons. The van der Waals surface area contributed by atoms with E-state index < -0.39 is 48.8 Å². The fraction of sp³-hybridized carbons (Fsp3) is 0.400. The minimum atomic E-state index is -1.63. The van der Waals surface area contributed by atoms with Crippen LogP contribution in [0.5, 0.6) is 5.75 Å². The van der Waals surface area contributed by atoms with E-state index in [9.17, 15) is 24.9 Å². The zero-order valence-electron chi connectivity index (χ0n) is 17.1. The molecule has 3 aromatic rings. The maximum Gasteiger partial charge on any atom is 0.336 e. The molecule has 1 amide bonds. The van der Waals surface area contributed by atoms with E-state index in [1.807, 2.05) is 0 Å². The van der Waals surface area contributed by atoms with Crippen molar-refractivity contribution in [2.75, 3.05) is 6.61 Å². The Balaban J connectivity index is 1.37. The lowest BCUT2D eigenvalue weighted by Gasteiger charge is -2.40. The summed E-state index contributed by atoms with van der Waals surface area (Å²) in [5.74, 6) is -0.220. The lowest BCUT2D eigenvalue weighted by Crippen LogP contribution is -2.64. The van der Waals surface area contributed by atoms with E-state index in [0.717, 1.165) is 5.39 Å². The number of hydrogen-bond acceptors (Lipinski definition) is 11. The van der Waals surface area contributed by atoms with Gasteiger partial charge in [0.05, 0.1) is 18.5 Å². The van der Waals surface area contributed by atoms with Gasteiger partial charge in [-0.3, -0.25) is 4.79 Å². The first-order valence-electron chi connectivity index (χ1n) is 9.99. The van der Waals surface area contributed by atoms with Crippen LogP contribution in [0.15, 0.2) is 45.7 Å². The number of benzene rings is 1. The van der Waals surface area contributed by atoms with Gasteiger partial charge in [-0.05, 0) is 18.2 Å². The molecule has 4 rings (SSSR count). The second-order valence-corrected chi connectivity index (χ2v) is 7.45. The number of hydrogen-bond donors (Lipinski definition) is 5. The Morgan fingerprint density at radius 3 is 2.76 bits per heavy atom. The third-order valence-electron chi connectivity index (χ3n) is 5.20. The van der Waals surface area contributed by atoms with Gasteiger partial charge in [0.1, 0.15) is 48.8 Å². The highest BCUT2D eigenvalue weighted by atomic mass is 16.6. The zero-order valence-corrected chi connectivity index (χ0v) is 17.1. The molecule has 1 aliphatic rings. The van der Waals surface area contributed by atoms with Crippen LogP contribution in [0.3, 0.4) is 0 Å². The first-order valence-corrected chi connectivity index (χ1v) is 9.99. The average Bonchev–Trinajstić information content (AvgIpc) is 3.24. The summed E-state index contributed by atoms with van der Waals surface area (Å²) in [6, 6.07) is 6.63. The summed E-state index contributed by atoms with van der Waals surface area (Å²) in [5.41, 5.74) is 0.329. The molecule has 0 radical (unpaired) electrons. The second-order valence-electron chi connectivity index (χ2n) is 7.45. The van der Waals surface area contributed by atoms with Gasteiger partial charge in [0.15, 0.2) is 6.29 Å². The van der Waals surface area contributed by atoms with Crippen LogP contribution in [0.2, 0.25) is 0 Å². The SMILES string of the molecule is O=C(Cn1nncc1COc1ccc2ccc(=O)oc2c1)N[C@H]1[C@@H](O)[C@@H](O)C(CO)O[C@H]1O. The standard InChI is InChI=1S/C20H22N4O9/c25-8-14-18(28)19(29)17(20(30)33-14)22-15(26)7-24-11(6-21-23-24)9-31-12-3-1-10-2-4-16(27)32-13(10)5-12/h1-6,14,17-20,25,28-30H,7-9H2,(H,22,26)/t14?,17-,18-,19+,20+/m0/s1. The smallest absolute Gasteiger partial charge is 0.336 e. The van der Waals surface area contributed by atoms with Crippen LogP contribution in [-0.2, 0) is 22.7 Å². The summed E-state index contributed by atoms with van der Waals surface area (Å²) in [4.78, 5) is 23.8. The Kier molecular flexibility index (Phi) is 6.67. The Hall–Kier alpha value is -3.36. The van der Waals surface area contributed by atoms with Gasteiger partial charge in [0.25, 0.3) is 0 Å². The fourth-order valence-electron chi connectivity index (χ4n) is 3.43. The van der Waals surface area contributed by atoms with E-state index in [0.29, 0.717) is 17.0 Å². The summed E-state index contributed by atoms with van der Waals surface area (Å²) in [6.45, 7) is -0.931. The Morgan fingerprint density at radius 1 is 1.18 bits per heavy atom. The van der Waals surface area contributed by atoms with Gasteiger partial charge in [0.2, 0.25) is 5.91 Å². The number of fused-ring (bicyclic) bond motifs is 1. The van der Waals surface area contributed by atoms with Crippen LogP contribution in [0.4, 0.5) is 0 Å². The maximum atomic E-state index is 12.4. The van der Waals surface area contributed by atoms with Crippen LogP contribution < -0.4 is 15.7 Å². The third-order valence-corrected chi connectivity index (χ3v) is 5.20. The Bertz CT molecular complexity index is 1180. The van der Waals surface area contributed by atoms with Gasteiger partial charge in [-0.25, -0.2) is 9.48 Å². The quantitative estimate of drug-likeness (QED) is 0.241. The molecule has 0 aliphatic carbocycles. The number of carbonyl (C=O) groups excluding carboxylic acids is 1. The van der Waals surface area contributed by atoms with Crippen LogP contribution >= 0.6 is 0 Å². The van der Waals surface area contributed by atoms with Crippen molar-refractivity contribution in [2.24, 2.45) is 0 Å². The number of aliphatic hydroxyl groups excluding tert-OH is 4. The fourth-order valence-corrected chi connectivity index (χ4v) is 3.43. The number of rotatable bonds is 7. The minimum Gasteiger partial charge on any atom is -0.487 e. The van der Waals surface area contributed by atoms with Crippen molar-refractivity contribution >= 4 is 16.9 Å². The van der Waals surface area contributed by atoms with E-state index in [-0.39, 0.29) is 13.2 Å². The van der Waals surface area contributed by atoms with Crippen LogP contribution in [0, 0.1) is 0 Å². The van der Waals surface area contributed by atoms with Crippen LogP contribution in [0.1, 0.15) is 5.69 Å². The molecule has 3 heterocycles. The first kappa shape index (κ1) is 22.8. The molecule has 13 heteroatoms. The van der Waals surface area contributed by atoms with E-state index in [2.05, 4.69) is 15.6 Å². The van der Waals surface area contributed by atoms with Gasteiger partial charge < -0.3 is 39.6 Å². The average molecular weight is 462 g/mol. The number of aliphatic hydroxyl groups is 4. The third kappa shape index (κ3) is 5.02. The number of aromatic nitrogens is 3. The van der Waals surface area contributed by atoms with Gasteiger partial charge in [-0.1, -0.05) is 5.21 Å². The molecule has 0 bridgehead atoms. The van der Waals surface area contributed by atoms with Gasteiger partial charge in [-0.2, -0.15) is 0 Å². The molecule has 1 fully saturated rings. The van der Waals surface area contributed by atoms with Crippen molar-refractivity contribution in [3.05, 3.63) is 52.6 Å². The predicted octanol–water partition coefficient (Wildman–Crippen LogP) is -2.12. The molecule has 5 atom stereocenters. The summed E-state index contributed by atoms with van der Waals surface area (Å²) in [5, 5.41) is 49.9. The zero-order chi connectivity index (χ0) is 23.5. The molecule has 1 aliphatic heterocycles. The molecule has 33 heavy (non-hydrogen) atoms. The van der Waals surface area contributed by atoms with Gasteiger partial charge >= 0.3 is 5.63 Å². The van der Waals surface area contributed by atoms with Crippen molar-refractivity contribution in [2.45, 2.75) is 43.8 Å². The molecule has 0 spiro atoms. The van der Waals surface area contributed by atoms with Crippen molar-refractivity contribution in [1.82, 2.24) is 20.3 Å². The lowest BCUT2D eigenvalue weighted by molar-refractivity contribution is -0.253. The summed E-state index contributed by atoms with van der Waals surface area (Å²) >= 11 is 0. The van der Waals surface area contributed by atoms with Gasteiger partial charge in [-0.15, -0.1) is 5.10 Å². The molecule has 5 N–H and O–H groups in total. The number of nitrogens with zero attached hydrogens (tertiary/aromatic N) is 3. The van der Waals surface area contributed by atoms with Crippen molar-refractivity contribution in [3.63, 3.8) is 0 Å². The second kappa shape index (κ2) is 9.64. The van der Waals surface area contributed by atoms with Crippen molar-refractivity contribution in [3.8, 4) is 5.75 Å². The molecule has 1 unspecified atom stereocenters. The Morgan fingerprint density at radius 2 is 1.97 bits per heavy atom. The van der Waals surface area contributed by atoms with Crippen molar-refractivity contribution < 1.29 is 39.1 Å². The molecule has 13 nitrogen and oxygen atoms in total. The highest BCUT2D eigenvalue weighted by molar-refractivity contribution is 5.77. The number of amides is 1. The topological polar surface area (TPSA) is 189 Å². The molecule has 1 aromatic carbocycles. The van der Waals surface area contributed by atoms with Crippen LogP contribution in [0.25, 0.3) is 11.0 Å². The van der Waals surface area contributed by atoms with E-state index >= 15 is 0 Å². The molecular formula is C20H22N4O9. The molecule has 0 saturated carbocycles. The van der Waals surface area contributed by atoms with Crippen LogP contribution in [-0.4, -0.2) is 78.6 Å². The predicted molar refractivity (Wildman–Crippen MR) is 109 cm³/mol. The highest BCUT2D eigenvalue weighted by Gasteiger charge is 2.44. The van der Waals surface area contributed by atoms with Crippen molar-refractivity contribution in [1.29, 1.82) is 0 Å². The Labute approximate surface area is 185 Å². The highest BCUT2D eigenvalue weighted by Crippen LogP contribution is 2.21. The monoisotopic (exact) mass is 462 g/mol. The van der Waals surface area contributed by atoms with E-state index in [4.69, 9.17) is 19.0 Å². The largest absolute Gasteiger partial charge is 0.487 e. The number of carbonyl (C=O) groups is 1. The molecular weight excluding hydrogens is 440 g/mol. The number of ether oxygens (including phenoxy) is 2. The summed E-state index contributed by atoms with van der Waals surface area (Å²) in [6.07, 6.45) is -4.45. The van der Waals surface area contributed by atoms with E-state index in [1.54, 1.807) is 24.3 Å². The number of nitrogens with one attached hydrogen (secondary N) is 1. The molecule has 2 aromatic heterocycles. The maximum absolute atomic E-state index is 12.4. The summed E-state index contributed by atoms with van der Waals surface area (Å²) in [7, 11) is 0. The minimum absolute atomic E-state index is 0.00244. The first-order chi connectivity index (χ1) is 15.9. The molecule has 1 saturated heterocycles. The van der Waals surface area contributed by atoms with Gasteiger partial charge in [0, 0.05) is 17.5 Å². The normalized spacial score (nSPS) is 25.2.